The molecule has 0 aliphatic carbocycles. The lowest BCUT2D eigenvalue weighted by Gasteiger charge is -2.41. The highest BCUT2D eigenvalue weighted by molar-refractivity contribution is 14.1. The topological polar surface area (TPSA) is 76.4 Å². The Morgan fingerprint density at radius 2 is 2.03 bits per heavy atom. The molecule has 0 unspecified atom stereocenters. The van der Waals surface area contributed by atoms with Gasteiger partial charge in [-0.15, -0.1) is 0 Å². The van der Waals surface area contributed by atoms with Crippen molar-refractivity contribution in [1.29, 1.82) is 0 Å². The van der Waals surface area contributed by atoms with Crippen LogP contribution in [-0.4, -0.2) is 63.3 Å². The van der Waals surface area contributed by atoms with Crippen LogP contribution in [0.1, 0.15) is 12.6 Å². The highest BCUT2D eigenvalue weighted by Gasteiger charge is 2.29. The van der Waals surface area contributed by atoms with E-state index in [0.717, 1.165) is 33.8 Å². The summed E-state index contributed by atoms with van der Waals surface area (Å²) in [6.45, 7) is 6.18. The van der Waals surface area contributed by atoms with Crippen LogP contribution >= 0.6 is 34.2 Å². The van der Waals surface area contributed by atoms with Crippen molar-refractivity contribution in [2.75, 3.05) is 31.6 Å². The Kier molecular flexibility index (Phi) is 6.85. The minimum absolute atomic E-state index is 0.0140. The number of carbonyl (C=O) groups excluding carboxylic acids is 1. The van der Waals surface area contributed by atoms with Crippen molar-refractivity contribution in [3.63, 3.8) is 0 Å². The lowest BCUT2D eigenvalue weighted by Crippen LogP contribution is -2.54. The number of carbonyl (C=O) groups is 1. The Hall–Kier alpha value is -2.40. The number of methoxy groups -OCH3 is 1. The number of halogens is 2. The van der Waals surface area contributed by atoms with Gasteiger partial charge in [-0.3, -0.25) is 9.48 Å². The van der Waals surface area contributed by atoms with Gasteiger partial charge in [0.1, 0.15) is 18.0 Å². The molecular weight excluding hydrogens is 543 g/mol. The van der Waals surface area contributed by atoms with Crippen LogP contribution in [0.15, 0.2) is 36.7 Å². The summed E-state index contributed by atoms with van der Waals surface area (Å²) in [6, 6.07) is 7.99. The van der Waals surface area contributed by atoms with Crippen LogP contribution in [0.25, 0.3) is 11.5 Å². The van der Waals surface area contributed by atoms with Crippen LogP contribution in [0.3, 0.4) is 0 Å². The second-order valence-electron chi connectivity index (χ2n) is 7.68. The van der Waals surface area contributed by atoms with Gasteiger partial charge >= 0.3 is 0 Å². The second-order valence-corrected chi connectivity index (χ2v) is 9.22. The Bertz CT molecular complexity index is 1120. The fourth-order valence-corrected chi connectivity index (χ4v) is 4.64. The van der Waals surface area contributed by atoms with Gasteiger partial charge in [0.25, 0.3) is 0 Å². The predicted octanol–water partition coefficient (Wildman–Crippen LogP) is 3.65. The fourth-order valence-electron chi connectivity index (χ4n) is 3.87. The van der Waals surface area contributed by atoms with Crippen LogP contribution in [0.4, 0.5) is 5.69 Å². The van der Waals surface area contributed by atoms with Gasteiger partial charge in [0, 0.05) is 49.8 Å². The third-order valence-corrected chi connectivity index (χ3v) is 6.99. The number of nitrogens with zero attached hydrogens (tertiary/aromatic N) is 6. The van der Waals surface area contributed by atoms with Crippen molar-refractivity contribution in [2.24, 2.45) is 0 Å². The van der Waals surface area contributed by atoms with Gasteiger partial charge in [-0.25, -0.2) is 9.97 Å². The number of piperazine rings is 1. The van der Waals surface area contributed by atoms with E-state index < -0.39 is 0 Å². The molecule has 8 nitrogen and oxygen atoms in total. The maximum atomic E-state index is 13.1. The van der Waals surface area contributed by atoms with E-state index in [1.54, 1.807) is 30.3 Å². The van der Waals surface area contributed by atoms with Crippen LogP contribution in [0.5, 0.6) is 5.75 Å². The SMILES string of the molecule is COc1cc(N2CCN(C(=O)Cn3nc(-c4ncccn4)c(Cl)c3C)[C@@H](C)C2)ccc1I. The highest BCUT2D eigenvalue weighted by atomic mass is 127. The maximum absolute atomic E-state index is 13.1. The monoisotopic (exact) mass is 566 g/mol. The van der Waals surface area contributed by atoms with Crippen molar-refractivity contribution in [1.82, 2.24) is 24.6 Å². The summed E-state index contributed by atoms with van der Waals surface area (Å²) < 4.78 is 8.17. The Morgan fingerprint density at radius 3 is 2.72 bits per heavy atom. The van der Waals surface area contributed by atoms with Crippen molar-refractivity contribution in [3.05, 3.63) is 50.9 Å². The predicted molar refractivity (Wildman–Crippen MR) is 132 cm³/mol. The normalized spacial score (nSPS) is 16.3. The molecule has 1 amide bonds. The van der Waals surface area contributed by atoms with Gasteiger partial charge in [-0.05, 0) is 54.6 Å². The summed E-state index contributed by atoms with van der Waals surface area (Å²) in [4.78, 5) is 25.8. The molecule has 0 N–H and O–H groups in total. The van der Waals surface area contributed by atoms with Gasteiger partial charge in [-0.2, -0.15) is 5.10 Å². The van der Waals surface area contributed by atoms with E-state index in [4.69, 9.17) is 16.3 Å². The molecule has 0 spiro atoms. The summed E-state index contributed by atoms with van der Waals surface area (Å²) in [5, 5.41) is 4.98. The molecule has 0 radical (unpaired) electrons. The zero-order valence-electron chi connectivity index (χ0n) is 18.1. The molecule has 1 atom stereocenters. The van der Waals surface area contributed by atoms with Crippen molar-refractivity contribution < 1.29 is 9.53 Å². The van der Waals surface area contributed by atoms with Gasteiger partial charge in [0.15, 0.2) is 5.82 Å². The molecule has 1 saturated heterocycles. The van der Waals surface area contributed by atoms with Crippen molar-refractivity contribution in [3.8, 4) is 17.3 Å². The largest absolute Gasteiger partial charge is 0.496 e. The first-order valence-electron chi connectivity index (χ1n) is 10.3. The lowest BCUT2D eigenvalue weighted by atomic mass is 10.1. The van der Waals surface area contributed by atoms with E-state index in [-0.39, 0.29) is 18.5 Å². The average molecular weight is 567 g/mol. The smallest absolute Gasteiger partial charge is 0.244 e. The summed E-state index contributed by atoms with van der Waals surface area (Å²) in [5.41, 5.74) is 2.31. The molecule has 3 heterocycles. The van der Waals surface area contributed by atoms with Gasteiger partial charge in [0.2, 0.25) is 5.91 Å². The molecular formula is C22H24ClIN6O2. The zero-order chi connectivity index (χ0) is 22.8. The molecule has 1 aromatic carbocycles. The minimum atomic E-state index is 0.0140. The van der Waals surface area contributed by atoms with E-state index in [0.29, 0.717) is 23.1 Å². The third kappa shape index (κ3) is 4.54. The molecule has 0 bridgehead atoms. The molecule has 1 fully saturated rings. The Morgan fingerprint density at radius 1 is 1.28 bits per heavy atom. The molecule has 4 rings (SSSR count). The maximum Gasteiger partial charge on any atom is 0.244 e. The molecule has 3 aromatic rings. The van der Waals surface area contributed by atoms with Crippen molar-refractivity contribution in [2.45, 2.75) is 26.4 Å². The van der Waals surface area contributed by atoms with E-state index in [1.165, 1.54) is 0 Å². The van der Waals surface area contributed by atoms with Crippen LogP contribution in [0, 0.1) is 10.5 Å². The molecule has 10 heteroatoms. The van der Waals surface area contributed by atoms with Gasteiger partial charge in [-0.1, -0.05) is 11.6 Å². The molecule has 32 heavy (non-hydrogen) atoms. The van der Waals surface area contributed by atoms with E-state index in [2.05, 4.69) is 61.6 Å². The molecule has 168 valence electrons. The average Bonchev–Trinajstić information content (AvgIpc) is 3.08. The Labute approximate surface area is 205 Å². The van der Waals surface area contributed by atoms with Gasteiger partial charge in [0.05, 0.1) is 21.4 Å². The minimum Gasteiger partial charge on any atom is -0.496 e. The number of anilines is 1. The number of hydrogen-bond acceptors (Lipinski definition) is 6. The summed E-state index contributed by atoms with van der Waals surface area (Å²) in [6.07, 6.45) is 3.28. The van der Waals surface area contributed by atoms with E-state index in [1.807, 2.05) is 17.9 Å². The number of ether oxygens (including phenoxy) is 1. The standard InChI is InChI=1S/C22H24ClIN6O2/c1-14-12-28(16-5-6-17(24)18(11-16)32-3)9-10-29(14)19(31)13-30-15(2)20(23)21(27-30)22-25-7-4-8-26-22/h4-8,11,14H,9-10,12-13H2,1-3H3/t14-/m0/s1. The Balaban J connectivity index is 1.45. The highest BCUT2D eigenvalue weighted by Crippen LogP contribution is 2.29. The van der Waals surface area contributed by atoms with Crippen LogP contribution in [0.2, 0.25) is 5.02 Å². The van der Waals surface area contributed by atoms with E-state index in [9.17, 15) is 4.79 Å². The number of amides is 1. The summed E-state index contributed by atoms with van der Waals surface area (Å²) in [7, 11) is 1.68. The number of rotatable bonds is 5. The number of benzene rings is 1. The lowest BCUT2D eigenvalue weighted by molar-refractivity contribution is -0.134. The first-order chi connectivity index (χ1) is 15.4. The van der Waals surface area contributed by atoms with Crippen LogP contribution in [-0.2, 0) is 11.3 Å². The van der Waals surface area contributed by atoms with Gasteiger partial charge < -0.3 is 14.5 Å². The quantitative estimate of drug-likeness (QED) is 0.439. The van der Waals surface area contributed by atoms with Crippen molar-refractivity contribution >= 4 is 45.8 Å². The molecule has 0 saturated carbocycles. The number of aromatic nitrogens is 4. The molecule has 1 aliphatic heterocycles. The first-order valence-corrected chi connectivity index (χ1v) is 11.7. The molecule has 1 aliphatic rings. The number of hydrogen-bond donors (Lipinski definition) is 0. The zero-order valence-corrected chi connectivity index (χ0v) is 21.0. The summed E-state index contributed by atoms with van der Waals surface area (Å²) >= 11 is 8.73. The summed E-state index contributed by atoms with van der Waals surface area (Å²) in [5.74, 6) is 1.32. The van der Waals surface area contributed by atoms with E-state index >= 15 is 0 Å². The third-order valence-electron chi connectivity index (χ3n) is 5.64. The first kappa shape index (κ1) is 22.8. The van der Waals surface area contributed by atoms with Crippen LogP contribution < -0.4 is 9.64 Å². The fraction of sp³-hybridized carbons (Fsp3) is 0.364. The molecule has 2 aromatic heterocycles. The second kappa shape index (κ2) is 9.62.